The number of fused-ring (bicyclic) bond motifs is 1. The van der Waals surface area contributed by atoms with Gasteiger partial charge in [0.2, 0.25) is 0 Å². The Morgan fingerprint density at radius 1 is 1.38 bits per heavy atom. The van der Waals surface area contributed by atoms with Gasteiger partial charge in [0.25, 0.3) is 0 Å². The number of aromatic amines is 1. The van der Waals surface area contributed by atoms with Crippen LogP contribution in [0.1, 0.15) is 25.1 Å². The predicted molar refractivity (Wildman–Crippen MR) is 68.2 cm³/mol. The molecule has 3 heteroatoms. The first-order valence-corrected chi connectivity index (χ1v) is 5.73. The molecule has 4 N–H and O–H groups in total. The summed E-state index contributed by atoms with van der Waals surface area (Å²) in [6.07, 6.45) is 0. The maximum Gasteiger partial charge on any atom is 0.0501 e. The maximum absolute atomic E-state index is 5.71. The molecular weight excluding hydrogens is 198 g/mol. The van der Waals surface area contributed by atoms with Gasteiger partial charge in [0.1, 0.15) is 0 Å². The van der Waals surface area contributed by atoms with E-state index in [4.69, 9.17) is 5.73 Å². The van der Waals surface area contributed by atoms with E-state index in [9.17, 15) is 0 Å². The summed E-state index contributed by atoms with van der Waals surface area (Å²) in [6, 6.07) is 8.92. The Morgan fingerprint density at radius 3 is 2.88 bits per heavy atom. The van der Waals surface area contributed by atoms with Crippen molar-refractivity contribution < 1.29 is 0 Å². The molecule has 1 heterocycles. The number of benzene rings is 1. The summed E-state index contributed by atoms with van der Waals surface area (Å²) >= 11 is 0. The van der Waals surface area contributed by atoms with Crippen LogP contribution in [0.5, 0.6) is 0 Å². The molecule has 0 atom stereocenters. The summed E-state index contributed by atoms with van der Waals surface area (Å²) in [5, 5.41) is 4.64. The second-order valence-corrected chi connectivity index (χ2v) is 4.42. The van der Waals surface area contributed by atoms with Gasteiger partial charge in [0.05, 0.1) is 5.52 Å². The summed E-state index contributed by atoms with van der Waals surface area (Å²) in [7, 11) is 0. The first kappa shape index (κ1) is 11.2. The van der Waals surface area contributed by atoms with Gasteiger partial charge in [-0.15, -0.1) is 0 Å². The van der Waals surface area contributed by atoms with Gasteiger partial charge in [0.15, 0.2) is 0 Å². The van der Waals surface area contributed by atoms with Gasteiger partial charge in [-0.1, -0.05) is 32.0 Å². The zero-order chi connectivity index (χ0) is 11.5. The van der Waals surface area contributed by atoms with Gasteiger partial charge in [0, 0.05) is 30.2 Å². The second kappa shape index (κ2) is 4.68. The second-order valence-electron chi connectivity index (χ2n) is 4.42. The summed E-state index contributed by atoms with van der Waals surface area (Å²) in [5.41, 5.74) is 9.27. The highest BCUT2D eigenvalue weighted by molar-refractivity contribution is 5.83. The van der Waals surface area contributed by atoms with Crippen LogP contribution in [-0.2, 0) is 13.1 Å². The third-order valence-corrected chi connectivity index (χ3v) is 2.72. The first-order valence-electron chi connectivity index (χ1n) is 5.73. The fourth-order valence-corrected chi connectivity index (χ4v) is 1.86. The van der Waals surface area contributed by atoms with Crippen molar-refractivity contribution >= 4 is 10.9 Å². The molecule has 0 fully saturated rings. The van der Waals surface area contributed by atoms with Crippen molar-refractivity contribution in [1.82, 2.24) is 10.3 Å². The van der Waals surface area contributed by atoms with Crippen LogP contribution in [0.25, 0.3) is 10.9 Å². The minimum atomic E-state index is 0.500. The topological polar surface area (TPSA) is 53.8 Å². The smallest absolute Gasteiger partial charge is 0.0501 e. The van der Waals surface area contributed by atoms with Crippen molar-refractivity contribution in [3.8, 4) is 0 Å². The van der Waals surface area contributed by atoms with Crippen molar-refractivity contribution in [1.29, 1.82) is 0 Å². The Balaban J connectivity index is 2.29. The Morgan fingerprint density at radius 2 is 2.19 bits per heavy atom. The van der Waals surface area contributed by atoms with Gasteiger partial charge < -0.3 is 16.0 Å². The van der Waals surface area contributed by atoms with Crippen LogP contribution in [0.2, 0.25) is 0 Å². The van der Waals surface area contributed by atoms with E-state index in [1.54, 1.807) is 0 Å². The lowest BCUT2D eigenvalue weighted by Crippen LogP contribution is -2.21. The monoisotopic (exact) mass is 217 g/mol. The number of hydrogen-bond donors (Lipinski definition) is 3. The van der Waals surface area contributed by atoms with Crippen LogP contribution in [0, 0.1) is 0 Å². The van der Waals surface area contributed by atoms with E-state index in [1.807, 2.05) is 0 Å². The number of nitrogens with two attached hydrogens (primary N) is 1. The van der Waals surface area contributed by atoms with E-state index in [1.165, 1.54) is 22.2 Å². The number of H-pyrrole nitrogens is 1. The number of aromatic nitrogens is 1. The van der Waals surface area contributed by atoms with Crippen molar-refractivity contribution in [2.75, 3.05) is 0 Å². The van der Waals surface area contributed by atoms with Gasteiger partial charge >= 0.3 is 0 Å². The Kier molecular flexibility index (Phi) is 3.27. The quantitative estimate of drug-likeness (QED) is 0.734. The molecule has 0 aliphatic heterocycles. The van der Waals surface area contributed by atoms with Crippen LogP contribution in [0.15, 0.2) is 24.3 Å². The molecule has 0 aliphatic rings. The Labute approximate surface area is 96.0 Å². The van der Waals surface area contributed by atoms with Gasteiger partial charge in [-0.2, -0.15) is 0 Å². The summed E-state index contributed by atoms with van der Waals surface area (Å²) < 4.78 is 0. The lowest BCUT2D eigenvalue weighted by atomic mass is 10.1. The molecule has 1 aromatic heterocycles. The fourth-order valence-electron chi connectivity index (χ4n) is 1.86. The molecule has 3 nitrogen and oxygen atoms in total. The zero-order valence-corrected chi connectivity index (χ0v) is 9.88. The van der Waals surface area contributed by atoms with Gasteiger partial charge in [-0.3, -0.25) is 0 Å². The van der Waals surface area contributed by atoms with Crippen molar-refractivity contribution in [3.63, 3.8) is 0 Å². The number of nitrogens with one attached hydrogen (secondary N) is 2. The Hall–Kier alpha value is -1.32. The largest absolute Gasteiger partial charge is 0.357 e. The standard InChI is InChI=1S/C13H19N3/c1-9(2)15-8-12-6-10-4-3-5-11(7-14)13(10)16-12/h3-6,9,15-16H,7-8,14H2,1-2H3. The Bertz CT molecular complexity index is 471. The van der Waals surface area contributed by atoms with E-state index < -0.39 is 0 Å². The molecule has 0 amide bonds. The normalized spacial score (nSPS) is 11.5. The predicted octanol–water partition coefficient (Wildman–Crippen LogP) is 2.12. The van der Waals surface area contributed by atoms with Gasteiger partial charge in [-0.05, 0) is 11.6 Å². The van der Waals surface area contributed by atoms with Crippen LogP contribution in [0.3, 0.4) is 0 Å². The molecule has 86 valence electrons. The third kappa shape index (κ3) is 2.26. The number of rotatable bonds is 4. The van der Waals surface area contributed by atoms with E-state index in [-0.39, 0.29) is 0 Å². The molecular formula is C13H19N3. The summed E-state index contributed by atoms with van der Waals surface area (Å²) in [5.74, 6) is 0. The number of para-hydroxylation sites is 1. The minimum Gasteiger partial charge on any atom is -0.357 e. The maximum atomic E-state index is 5.71. The molecule has 2 aromatic rings. The highest BCUT2D eigenvalue weighted by atomic mass is 14.9. The van der Waals surface area contributed by atoms with E-state index in [0.29, 0.717) is 12.6 Å². The molecule has 2 rings (SSSR count). The molecule has 0 aliphatic carbocycles. The zero-order valence-electron chi connectivity index (χ0n) is 9.88. The van der Waals surface area contributed by atoms with E-state index >= 15 is 0 Å². The average molecular weight is 217 g/mol. The lowest BCUT2D eigenvalue weighted by molar-refractivity contribution is 0.583. The van der Waals surface area contributed by atoms with E-state index in [0.717, 1.165) is 6.54 Å². The minimum absolute atomic E-state index is 0.500. The molecule has 0 saturated heterocycles. The molecule has 0 spiro atoms. The number of hydrogen-bond acceptors (Lipinski definition) is 2. The molecule has 0 radical (unpaired) electrons. The van der Waals surface area contributed by atoms with Crippen LogP contribution < -0.4 is 11.1 Å². The highest BCUT2D eigenvalue weighted by Crippen LogP contribution is 2.19. The molecule has 1 aromatic carbocycles. The third-order valence-electron chi connectivity index (χ3n) is 2.72. The summed E-state index contributed by atoms with van der Waals surface area (Å²) in [4.78, 5) is 3.43. The van der Waals surface area contributed by atoms with E-state index in [2.05, 4.69) is 48.4 Å². The molecule has 16 heavy (non-hydrogen) atoms. The van der Waals surface area contributed by atoms with Crippen molar-refractivity contribution in [2.45, 2.75) is 33.0 Å². The molecule has 0 unspecified atom stereocenters. The van der Waals surface area contributed by atoms with Crippen molar-refractivity contribution in [2.24, 2.45) is 5.73 Å². The van der Waals surface area contributed by atoms with Crippen molar-refractivity contribution in [3.05, 3.63) is 35.5 Å². The summed E-state index contributed by atoms with van der Waals surface area (Å²) in [6.45, 7) is 5.74. The first-order chi connectivity index (χ1) is 7.70. The highest BCUT2D eigenvalue weighted by Gasteiger charge is 2.04. The molecule has 0 bridgehead atoms. The average Bonchev–Trinajstić information content (AvgIpc) is 2.68. The van der Waals surface area contributed by atoms with Crippen LogP contribution in [0.4, 0.5) is 0 Å². The van der Waals surface area contributed by atoms with Gasteiger partial charge in [-0.25, -0.2) is 0 Å². The van der Waals surface area contributed by atoms with Crippen LogP contribution >= 0.6 is 0 Å². The molecule has 0 saturated carbocycles. The van der Waals surface area contributed by atoms with Crippen LogP contribution in [-0.4, -0.2) is 11.0 Å². The lowest BCUT2D eigenvalue weighted by Gasteiger charge is -2.05. The SMILES string of the molecule is CC(C)NCc1cc2cccc(CN)c2[nH]1. The fraction of sp³-hybridized carbons (Fsp3) is 0.385.